The van der Waals surface area contributed by atoms with Gasteiger partial charge >= 0.3 is 11.9 Å². The number of carboxylic acids is 1. The zero-order valence-electron chi connectivity index (χ0n) is 56.6. The second kappa shape index (κ2) is 66.2. The van der Waals surface area contributed by atoms with E-state index in [0.29, 0.717) is 17.4 Å². The molecular weight excluding hydrogens is 1030 g/mol. The summed E-state index contributed by atoms with van der Waals surface area (Å²) < 4.78 is 22.8. The third-order valence-corrected chi connectivity index (χ3v) is 17.4. The number of quaternary nitrogens is 1. The second-order valence-corrected chi connectivity index (χ2v) is 27.0. The summed E-state index contributed by atoms with van der Waals surface area (Å²) in [6.07, 6.45) is 76.5. The van der Waals surface area contributed by atoms with E-state index in [1.165, 1.54) is 334 Å². The summed E-state index contributed by atoms with van der Waals surface area (Å²) in [7, 11) is 5.95. The lowest BCUT2D eigenvalue weighted by Crippen LogP contribution is -2.44. The Morgan fingerprint density at radius 1 is 0.313 bits per heavy atom. The first kappa shape index (κ1) is 81.3. The quantitative estimate of drug-likeness (QED) is 0.0256. The number of rotatable bonds is 71. The molecule has 0 aliphatic heterocycles. The van der Waals surface area contributed by atoms with Gasteiger partial charge in [0.15, 0.2) is 12.4 Å². The van der Waals surface area contributed by atoms with Crippen molar-refractivity contribution in [3.8, 4) is 0 Å². The summed E-state index contributed by atoms with van der Waals surface area (Å²) in [5, 5.41) is 11.8. The Morgan fingerprint density at radius 2 is 0.542 bits per heavy atom. The highest BCUT2D eigenvalue weighted by molar-refractivity contribution is 5.70. The van der Waals surface area contributed by atoms with Crippen LogP contribution >= 0.6 is 0 Å². The van der Waals surface area contributed by atoms with Gasteiger partial charge in [0.2, 0.25) is 0 Å². The zero-order valence-corrected chi connectivity index (χ0v) is 56.6. The Balaban J connectivity index is 3.94. The number of unbranched alkanes of at least 4 members (excludes halogenated alkanes) is 56. The van der Waals surface area contributed by atoms with Crippen molar-refractivity contribution in [2.24, 2.45) is 0 Å². The van der Waals surface area contributed by atoms with E-state index in [9.17, 15) is 19.5 Å². The van der Waals surface area contributed by atoms with Gasteiger partial charge in [-0.2, -0.15) is 0 Å². The molecule has 0 bridgehead atoms. The number of hydrogen-bond donors (Lipinski definition) is 0. The lowest BCUT2D eigenvalue weighted by Gasteiger charge is -2.26. The molecule has 0 spiro atoms. The van der Waals surface area contributed by atoms with E-state index in [-0.39, 0.29) is 32.2 Å². The van der Waals surface area contributed by atoms with Crippen LogP contribution in [0.1, 0.15) is 399 Å². The molecule has 0 aromatic rings. The fourth-order valence-electron chi connectivity index (χ4n) is 11.7. The van der Waals surface area contributed by atoms with Crippen molar-refractivity contribution in [3.63, 3.8) is 0 Å². The summed E-state index contributed by atoms with van der Waals surface area (Å²) in [4.78, 5) is 37.5. The third-order valence-electron chi connectivity index (χ3n) is 17.4. The molecule has 9 nitrogen and oxygen atoms in total. The summed E-state index contributed by atoms with van der Waals surface area (Å²) in [6.45, 7) is 4.84. The van der Waals surface area contributed by atoms with Crippen LogP contribution in [0.25, 0.3) is 0 Å². The Bertz CT molecular complexity index is 1320. The van der Waals surface area contributed by atoms with Crippen LogP contribution in [0.3, 0.4) is 0 Å². The number of esters is 2. The molecular formula is C74H145NO8. The van der Waals surface area contributed by atoms with Crippen molar-refractivity contribution in [1.29, 1.82) is 0 Å². The average Bonchev–Trinajstić information content (AvgIpc) is 3.46. The Kier molecular flexibility index (Phi) is 64.9. The molecule has 0 aromatic carbocycles. The lowest BCUT2D eigenvalue weighted by atomic mass is 10.0. The maximum absolute atomic E-state index is 12.9. The zero-order chi connectivity index (χ0) is 60.5. The van der Waals surface area contributed by atoms with Crippen molar-refractivity contribution in [2.75, 3.05) is 47.5 Å². The fourth-order valence-corrected chi connectivity index (χ4v) is 11.7. The minimum Gasteiger partial charge on any atom is -0.545 e. The van der Waals surface area contributed by atoms with Crippen LogP contribution in [0.15, 0.2) is 0 Å². The minimum absolute atomic E-state index is 0.154. The predicted octanol–water partition coefficient (Wildman–Crippen LogP) is 21.7. The number of carbonyl (C=O) groups is 3. The molecule has 0 saturated carbocycles. The van der Waals surface area contributed by atoms with Crippen LogP contribution in [-0.4, -0.2) is 82.3 Å². The van der Waals surface area contributed by atoms with Crippen molar-refractivity contribution in [1.82, 2.24) is 0 Å². The van der Waals surface area contributed by atoms with Gasteiger partial charge in [-0.25, -0.2) is 0 Å². The van der Waals surface area contributed by atoms with E-state index in [1.54, 1.807) is 0 Å². The Labute approximate surface area is 517 Å². The van der Waals surface area contributed by atoms with Gasteiger partial charge in [0.05, 0.1) is 40.3 Å². The summed E-state index contributed by atoms with van der Waals surface area (Å²) in [5.74, 6) is -2.24. The van der Waals surface area contributed by atoms with Gasteiger partial charge in [0, 0.05) is 12.8 Å². The number of likely N-dealkylation sites (N-methyl/N-ethyl adjacent to an activating group) is 1. The van der Waals surface area contributed by atoms with Crippen molar-refractivity contribution >= 4 is 17.9 Å². The molecule has 0 rings (SSSR count). The molecule has 2 atom stereocenters. The predicted molar refractivity (Wildman–Crippen MR) is 353 cm³/mol. The highest BCUT2D eigenvalue weighted by Crippen LogP contribution is 2.20. The molecule has 0 N–H and O–H groups in total. The number of nitrogens with zero attached hydrogens (tertiary/aromatic N) is 1. The molecule has 2 unspecified atom stereocenters. The van der Waals surface area contributed by atoms with Crippen LogP contribution in [0.2, 0.25) is 0 Å². The topological polar surface area (TPSA) is 111 Å². The standard InChI is InChI=1S/C74H145NO8/c1-6-8-10-12-14-16-18-20-22-24-26-28-29-30-31-32-33-34-35-36-37-38-39-40-41-42-43-45-47-49-51-53-55-57-59-61-63-65-72(77)83-70(69-82-74(73(78)79)80-67-66-75(3,4)5)68-81-71(76)64-62-60-58-56-54-52-50-48-46-44-27-25-23-21-19-17-15-13-11-9-7-2/h70,74H,6-69H2,1-5H3. The monoisotopic (exact) mass is 1180 g/mol. The van der Waals surface area contributed by atoms with Crippen LogP contribution in [0.5, 0.6) is 0 Å². The second-order valence-electron chi connectivity index (χ2n) is 27.0. The van der Waals surface area contributed by atoms with Gasteiger partial charge in [0.25, 0.3) is 0 Å². The molecule has 0 aliphatic carbocycles. The summed E-state index contributed by atoms with van der Waals surface area (Å²) in [5.41, 5.74) is 0. The molecule has 9 heteroatoms. The maximum Gasteiger partial charge on any atom is 0.306 e. The van der Waals surface area contributed by atoms with Gasteiger partial charge in [0.1, 0.15) is 13.2 Å². The number of ether oxygens (including phenoxy) is 4. The van der Waals surface area contributed by atoms with E-state index >= 15 is 0 Å². The number of hydrogen-bond acceptors (Lipinski definition) is 8. The summed E-state index contributed by atoms with van der Waals surface area (Å²) in [6, 6.07) is 0. The number of carbonyl (C=O) groups excluding carboxylic acids is 3. The van der Waals surface area contributed by atoms with Crippen LogP contribution in [-0.2, 0) is 33.3 Å². The van der Waals surface area contributed by atoms with E-state index in [4.69, 9.17) is 18.9 Å². The van der Waals surface area contributed by atoms with Gasteiger partial charge in [-0.05, 0) is 12.8 Å². The van der Waals surface area contributed by atoms with Gasteiger partial charge in [-0.1, -0.05) is 373 Å². The molecule has 0 aliphatic rings. The molecule has 0 fully saturated rings. The Hall–Kier alpha value is -1.71. The van der Waals surface area contributed by atoms with Crippen LogP contribution in [0, 0.1) is 0 Å². The SMILES string of the molecule is CCCCCCCCCCCCCCCCCCCCCCCCCCCCCCCCCCCCCCCC(=O)OC(COC(=O)CCCCCCCCCCCCCCCCCCCCCCC)COC(OCC[N+](C)(C)C)C(=O)[O-]. The first-order chi connectivity index (χ1) is 40.6. The highest BCUT2D eigenvalue weighted by Gasteiger charge is 2.22. The first-order valence-electron chi connectivity index (χ1n) is 37.2. The molecule has 0 aromatic heterocycles. The Morgan fingerprint density at radius 3 is 0.771 bits per heavy atom. The number of carboxylic acid groups (broad SMARTS) is 1. The lowest BCUT2D eigenvalue weighted by molar-refractivity contribution is -0.870. The molecule has 0 saturated heterocycles. The molecule has 0 heterocycles. The molecule has 0 radical (unpaired) electrons. The smallest absolute Gasteiger partial charge is 0.306 e. The van der Waals surface area contributed by atoms with Crippen molar-refractivity contribution in [3.05, 3.63) is 0 Å². The average molecular weight is 1180 g/mol. The van der Waals surface area contributed by atoms with Crippen molar-refractivity contribution in [2.45, 2.75) is 411 Å². The van der Waals surface area contributed by atoms with Crippen LogP contribution in [0.4, 0.5) is 0 Å². The van der Waals surface area contributed by atoms with Gasteiger partial charge in [-0.3, -0.25) is 9.59 Å². The van der Waals surface area contributed by atoms with Crippen LogP contribution < -0.4 is 5.11 Å². The van der Waals surface area contributed by atoms with Gasteiger partial charge in [-0.15, -0.1) is 0 Å². The maximum atomic E-state index is 12.9. The number of aliphatic carboxylic acids is 1. The molecule has 494 valence electrons. The normalized spacial score (nSPS) is 12.5. The van der Waals surface area contributed by atoms with Crippen molar-refractivity contribution < 1.29 is 42.9 Å². The minimum atomic E-state index is -1.62. The molecule has 0 amide bonds. The fraction of sp³-hybridized carbons (Fsp3) is 0.959. The molecule has 83 heavy (non-hydrogen) atoms. The summed E-state index contributed by atoms with van der Waals surface area (Å²) >= 11 is 0. The van der Waals surface area contributed by atoms with E-state index < -0.39 is 24.3 Å². The third kappa shape index (κ3) is 67.7. The van der Waals surface area contributed by atoms with E-state index in [1.807, 2.05) is 21.1 Å². The highest BCUT2D eigenvalue weighted by atomic mass is 16.7. The van der Waals surface area contributed by atoms with Gasteiger partial charge < -0.3 is 33.3 Å². The largest absolute Gasteiger partial charge is 0.545 e. The van der Waals surface area contributed by atoms with E-state index in [0.717, 1.165) is 38.5 Å². The first-order valence-corrected chi connectivity index (χ1v) is 37.2. The van der Waals surface area contributed by atoms with E-state index in [2.05, 4.69) is 13.8 Å².